The number of carbonyl (C=O) groups is 1. The molecule has 0 rings (SSSR count). The van der Waals surface area contributed by atoms with Gasteiger partial charge in [0.2, 0.25) is 5.91 Å². The van der Waals surface area contributed by atoms with Gasteiger partial charge >= 0.3 is 0 Å². The lowest BCUT2D eigenvalue weighted by Crippen LogP contribution is -2.32. The van der Waals surface area contributed by atoms with Gasteiger partial charge in [0.25, 0.3) is 0 Å². The molecular formula is C10H20ClNO. The summed E-state index contributed by atoms with van der Waals surface area (Å²) in [6.07, 6.45) is 2.41. The third-order valence-electron chi connectivity index (χ3n) is 1.60. The van der Waals surface area contributed by atoms with Gasteiger partial charge in [0.1, 0.15) is 0 Å². The lowest BCUT2D eigenvalue weighted by Gasteiger charge is -2.18. The summed E-state index contributed by atoms with van der Waals surface area (Å²) in [4.78, 5) is 11.2. The van der Waals surface area contributed by atoms with Gasteiger partial charge in [-0.25, -0.2) is 0 Å². The molecule has 0 aliphatic rings. The predicted octanol–water partition coefficient (Wildman–Crippen LogP) is 2.56. The van der Waals surface area contributed by atoms with Crippen molar-refractivity contribution in [2.24, 2.45) is 5.41 Å². The van der Waals surface area contributed by atoms with Gasteiger partial charge in [0.05, 0.1) is 0 Å². The second-order valence-electron chi connectivity index (χ2n) is 4.48. The normalized spacial score (nSPS) is 11.4. The Morgan fingerprint density at radius 2 is 1.92 bits per heavy atom. The quantitative estimate of drug-likeness (QED) is 0.543. The highest BCUT2D eigenvalue weighted by molar-refractivity contribution is 6.17. The molecule has 2 nitrogen and oxygen atoms in total. The summed E-state index contributed by atoms with van der Waals surface area (Å²) in [5.74, 6) is 0.784. The number of halogens is 1. The summed E-state index contributed by atoms with van der Waals surface area (Å²) in [5, 5.41) is 2.90. The van der Waals surface area contributed by atoms with E-state index < -0.39 is 0 Å². The Morgan fingerprint density at radius 3 is 2.38 bits per heavy atom. The number of nitrogens with one attached hydrogen (secondary N) is 1. The smallest absolute Gasteiger partial charge is 0.220 e. The summed E-state index contributed by atoms with van der Waals surface area (Å²) in [6.45, 7) is 7.05. The van der Waals surface area contributed by atoms with Crippen LogP contribution in [0.3, 0.4) is 0 Å². The van der Waals surface area contributed by atoms with Crippen LogP contribution < -0.4 is 5.32 Å². The second kappa shape index (κ2) is 6.25. The van der Waals surface area contributed by atoms with Crippen LogP contribution in [0.25, 0.3) is 0 Å². The number of unbranched alkanes of at least 4 members (excludes halogenated alkanes) is 1. The molecule has 0 heterocycles. The minimum absolute atomic E-state index is 0.139. The van der Waals surface area contributed by atoms with E-state index in [-0.39, 0.29) is 11.3 Å². The van der Waals surface area contributed by atoms with Crippen molar-refractivity contribution in [3.63, 3.8) is 0 Å². The maximum atomic E-state index is 11.2. The molecule has 0 aromatic heterocycles. The summed E-state index contributed by atoms with van der Waals surface area (Å²) in [7, 11) is 0. The Labute approximate surface area is 86.0 Å². The molecule has 0 aliphatic heterocycles. The van der Waals surface area contributed by atoms with Crippen molar-refractivity contribution in [3.05, 3.63) is 0 Å². The Morgan fingerprint density at radius 1 is 1.31 bits per heavy atom. The number of alkyl halides is 1. The van der Waals surface area contributed by atoms with E-state index >= 15 is 0 Å². The molecule has 3 heteroatoms. The topological polar surface area (TPSA) is 29.1 Å². The van der Waals surface area contributed by atoms with E-state index in [1.54, 1.807) is 0 Å². The van der Waals surface area contributed by atoms with Crippen molar-refractivity contribution in [2.75, 3.05) is 12.4 Å². The Hall–Kier alpha value is -0.240. The molecule has 0 atom stereocenters. The van der Waals surface area contributed by atoms with Crippen LogP contribution in [0.5, 0.6) is 0 Å². The van der Waals surface area contributed by atoms with Gasteiger partial charge in [-0.3, -0.25) is 4.79 Å². The van der Waals surface area contributed by atoms with E-state index in [4.69, 9.17) is 11.6 Å². The third-order valence-corrected chi connectivity index (χ3v) is 1.87. The van der Waals surface area contributed by atoms with E-state index in [1.807, 2.05) is 0 Å². The average molecular weight is 206 g/mol. The van der Waals surface area contributed by atoms with E-state index in [2.05, 4.69) is 26.1 Å². The van der Waals surface area contributed by atoms with Crippen LogP contribution in [0.2, 0.25) is 0 Å². The zero-order chi connectivity index (χ0) is 10.3. The molecule has 0 radical (unpaired) electrons. The molecule has 0 aromatic rings. The van der Waals surface area contributed by atoms with Crippen molar-refractivity contribution < 1.29 is 4.79 Å². The maximum absolute atomic E-state index is 11.2. The van der Waals surface area contributed by atoms with Crippen molar-refractivity contribution in [1.82, 2.24) is 5.32 Å². The van der Waals surface area contributed by atoms with Crippen LogP contribution >= 0.6 is 11.6 Å². The zero-order valence-electron chi connectivity index (χ0n) is 8.82. The SMILES string of the molecule is CC(C)(C)CNC(=O)CCCCCl. The first-order valence-corrected chi connectivity index (χ1v) is 5.32. The van der Waals surface area contributed by atoms with Gasteiger partial charge in [-0.2, -0.15) is 0 Å². The molecule has 78 valence electrons. The second-order valence-corrected chi connectivity index (χ2v) is 4.86. The monoisotopic (exact) mass is 205 g/mol. The lowest BCUT2D eigenvalue weighted by molar-refractivity contribution is -0.121. The molecule has 0 saturated heterocycles. The van der Waals surface area contributed by atoms with Crippen LogP contribution in [0.4, 0.5) is 0 Å². The van der Waals surface area contributed by atoms with E-state index in [0.29, 0.717) is 12.3 Å². The first-order chi connectivity index (χ1) is 5.95. The number of carbonyl (C=O) groups excluding carboxylic acids is 1. The maximum Gasteiger partial charge on any atom is 0.220 e. The van der Waals surface area contributed by atoms with Crippen LogP contribution in [0.1, 0.15) is 40.0 Å². The summed E-state index contributed by atoms with van der Waals surface area (Å²) >= 11 is 5.50. The molecule has 0 unspecified atom stereocenters. The molecule has 1 N–H and O–H groups in total. The zero-order valence-corrected chi connectivity index (χ0v) is 9.58. The molecule has 0 fully saturated rings. The van der Waals surface area contributed by atoms with Crippen molar-refractivity contribution >= 4 is 17.5 Å². The van der Waals surface area contributed by atoms with Crippen molar-refractivity contribution in [3.8, 4) is 0 Å². The lowest BCUT2D eigenvalue weighted by atomic mass is 9.97. The minimum Gasteiger partial charge on any atom is -0.356 e. The van der Waals surface area contributed by atoms with E-state index in [0.717, 1.165) is 19.4 Å². The predicted molar refractivity (Wildman–Crippen MR) is 57.0 cm³/mol. The van der Waals surface area contributed by atoms with Crippen LogP contribution in [0.15, 0.2) is 0 Å². The summed E-state index contributed by atoms with van der Waals surface area (Å²) in [5.41, 5.74) is 0.169. The highest BCUT2D eigenvalue weighted by Crippen LogP contribution is 2.10. The fraction of sp³-hybridized carbons (Fsp3) is 0.900. The Bertz CT molecular complexity index is 151. The van der Waals surface area contributed by atoms with E-state index in [9.17, 15) is 4.79 Å². The first kappa shape index (κ1) is 12.8. The Kier molecular flexibility index (Phi) is 6.13. The molecule has 0 saturated carbocycles. The van der Waals surface area contributed by atoms with Crippen molar-refractivity contribution in [1.29, 1.82) is 0 Å². The van der Waals surface area contributed by atoms with Gasteiger partial charge in [-0.05, 0) is 18.3 Å². The van der Waals surface area contributed by atoms with Crippen LogP contribution in [-0.2, 0) is 4.79 Å². The summed E-state index contributed by atoms with van der Waals surface area (Å²) in [6, 6.07) is 0. The fourth-order valence-corrected chi connectivity index (χ4v) is 1.02. The van der Waals surface area contributed by atoms with Gasteiger partial charge < -0.3 is 5.32 Å². The van der Waals surface area contributed by atoms with E-state index in [1.165, 1.54) is 0 Å². The number of rotatable bonds is 5. The molecule has 0 aliphatic carbocycles. The van der Waals surface area contributed by atoms with Crippen LogP contribution in [0, 0.1) is 5.41 Å². The highest BCUT2D eigenvalue weighted by atomic mass is 35.5. The Balaban J connectivity index is 3.41. The van der Waals surface area contributed by atoms with Gasteiger partial charge in [0.15, 0.2) is 0 Å². The average Bonchev–Trinajstić information content (AvgIpc) is 2.00. The number of hydrogen-bond donors (Lipinski definition) is 1. The van der Waals surface area contributed by atoms with Crippen LogP contribution in [-0.4, -0.2) is 18.3 Å². The van der Waals surface area contributed by atoms with Gasteiger partial charge in [0, 0.05) is 18.8 Å². The van der Waals surface area contributed by atoms with Crippen molar-refractivity contribution in [2.45, 2.75) is 40.0 Å². The summed E-state index contributed by atoms with van der Waals surface area (Å²) < 4.78 is 0. The van der Waals surface area contributed by atoms with Gasteiger partial charge in [-0.1, -0.05) is 20.8 Å². The molecule has 1 amide bonds. The minimum atomic E-state index is 0.139. The van der Waals surface area contributed by atoms with Gasteiger partial charge in [-0.15, -0.1) is 11.6 Å². The fourth-order valence-electron chi connectivity index (χ4n) is 0.832. The molecule has 0 aromatic carbocycles. The first-order valence-electron chi connectivity index (χ1n) is 4.78. The largest absolute Gasteiger partial charge is 0.356 e. The number of amides is 1. The highest BCUT2D eigenvalue weighted by Gasteiger charge is 2.11. The standard InChI is InChI=1S/C10H20ClNO/c1-10(2,3)8-12-9(13)6-4-5-7-11/h4-8H2,1-3H3,(H,12,13). The molecule has 0 bridgehead atoms. The third kappa shape index (κ3) is 9.68. The molecule has 13 heavy (non-hydrogen) atoms. The molecule has 0 spiro atoms. The number of hydrogen-bond acceptors (Lipinski definition) is 1. The molecular weight excluding hydrogens is 186 g/mol.